The molecule has 1 heterocycles. The van der Waals surface area contributed by atoms with Gasteiger partial charge in [-0.05, 0) is 55.5 Å². The number of aromatic hydroxyl groups is 1. The molecule has 7 nitrogen and oxygen atoms in total. The van der Waals surface area contributed by atoms with Gasteiger partial charge in [-0.3, -0.25) is 4.98 Å². The highest BCUT2D eigenvalue weighted by Gasteiger charge is 2.16. The maximum atomic E-state index is 11.1. The molecule has 9 heteroatoms. The largest absolute Gasteiger partial charge is 0.504 e. The van der Waals surface area contributed by atoms with E-state index in [1.54, 1.807) is 43.5 Å². The number of methoxy groups -OCH3 is 1. The molecule has 29 heavy (non-hydrogen) atoms. The molecule has 0 bridgehead atoms. The molecular formula is C20H17ClN2O5S. The van der Waals surface area contributed by atoms with Crippen LogP contribution in [0.3, 0.4) is 0 Å². The lowest BCUT2D eigenvalue weighted by Crippen LogP contribution is -2.27. The second-order valence-corrected chi connectivity index (χ2v) is 6.85. The molecule has 0 radical (unpaired) electrons. The maximum Gasteiger partial charge on any atom is 0.343 e. The molecule has 3 aromatic rings. The molecule has 0 saturated heterocycles. The number of phenols is 1. The molecule has 0 aliphatic heterocycles. The molecule has 150 valence electrons. The molecule has 1 aromatic heterocycles. The van der Waals surface area contributed by atoms with Crippen molar-refractivity contribution in [3.8, 4) is 22.8 Å². The predicted molar refractivity (Wildman–Crippen MR) is 112 cm³/mol. The summed E-state index contributed by atoms with van der Waals surface area (Å²) in [4.78, 5) is 20.0. The number of ether oxygens (including phenoxy) is 3. The van der Waals surface area contributed by atoms with Gasteiger partial charge < -0.3 is 19.3 Å². The lowest BCUT2D eigenvalue weighted by atomic mass is 10.1. The zero-order valence-electron chi connectivity index (χ0n) is 15.6. The van der Waals surface area contributed by atoms with E-state index in [1.165, 1.54) is 13.2 Å². The average molecular weight is 433 g/mol. The summed E-state index contributed by atoms with van der Waals surface area (Å²) in [5.74, 6) is -0.431. The van der Waals surface area contributed by atoms with Crippen LogP contribution in [0.1, 0.15) is 6.92 Å². The Hall–Kier alpha value is -2.97. The SMILES string of the molecule is COC(=O)COC(=S)C(C)Oc1ccc(-c2cnc3cc(Cl)ccc3n2)cc1O. The van der Waals surface area contributed by atoms with Crippen LogP contribution < -0.4 is 4.74 Å². The summed E-state index contributed by atoms with van der Waals surface area (Å²) in [7, 11) is 1.25. The number of carbonyl (C=O) groups excluding carboxylic acids is 1. The average Bonchev–Trinajstić information content (AvgIpc) is 2.72. The van der Waals surface area contributed by atoms with E-state index in [9.17, 15) is 9.90 Å². The van der Waals surface area contributed by atoms with Gasteiger partial charge in [0, 0.05) is 10.6 Å². The quantitative estimate of drug-likeness (QED) is 0.462. The molecule has 0 aliphatic carbocycles. The molecule has 3 rings (SSSR count). The number of carbonyl (C=O) groups is 1. The van der Waals surface area contributed by atoms with Crippen LogP contribution in [0.15, 0.2) is 42.6 Å². The van der Waals surface area contributed by atoms with Crippen LogP contribution in [-0.4, -0.2) is 45.9 Å². The molecule has 1 N–H and O–H groups in total. The van der Waals surface area contributed by atoms with Gasteiger partial charge in [0.15, 0.2) is 24.2 Å². The normalized spacial score (nSPS) is 11.7. The third-order valence-corrected chi connectivity index (χ3v) is 4.64. The zero-order valence-corrected chi connectivity index (χ0v) is 17.2. The van der Waals surface area contributed by atoms with Gasteiger partial charge >= 0.3 is 5.97 Å². The highest BCUT2D eigenvalue weighted by atomic mass is 35.5. The highest BCUT2D eigenvalue weighted by molar-refractivity contribution is 7.80. The first kappa shape index (κ1) is 20.8. The summed E-state index contributed by atoms with van der Waals surface area (Å²) < 4.78 is 15.2. The van der Waals surface area contributed by atoms with Crippen LogP contribution in [0.25, 0.3) is 22.3 Å². The lowest BCUT2D eigenvalue weighted by Gasteiger charge is -2.17. The monoisotopic (exact) mass is 432 g/mol. The van der Waals surface area contributed by atoms with Crippen molar-refractivity contribution in [2.75, 3.05) is 13.7 Å². The van der Waals surface area contributed by atoms with Crippen LogP contribution in [0.5, 0.6) is 11.5 Å². The lowest BCUT2D eigenvalue weighted by molar-refractivity contribution is -0.143. The van der Waals surface area contributed by atoms with Gasteiger partial charge in [-0.1, -0.05) is 11.6 Å². The topological polar surface area (TPSA) is 90.8 Å². The fraction of sp³-hybridized carbons (Fsp3) is 0.200. The van der Waals surface area contributed by atoms with E-state index in [0.29, 0.717) is 27.3 Å². The molecule has 0 spiro atoms. The predicted octanol–water partition coefficient (Wildman–Crippen LogP) is 3.94. The number of rotatable bonds is 6. The number of esters is 1. The molecule has 0 fully saturated rings. The van der Waals surface area contributed by atoms with Crippen LogP contribution in [0.4, 0.5) is 0 Å². The first-order valence-corrected chi connectivity index (χ1v) is 9.32. The maximum absolute atomic E-state index is 11.1. The number of hydrogen-bond donors (Lipinski definition) is 1. The standard InChI is InChI=1S/C20H17ClN2O5S/c1-11(20(29)27-10-19(25)26-2)28-18-6-3-12(7-17(18)24)16-9-22-15-8-13(21)4-5-14(15)23-16/h3-9,11,24H,10H2,1-2H3. The minimum absolute atomic E-state index is 0.0675. The second-order valence-electron chi connectivity index (χ2n) is 6.01. The fourth-order valence-corrected chi connectivity index (χ4v) is 2.72. The Bertz CT molecular complexity index is 1080. The summed E-state index contributed by atoms with van der Waals surface area (Å²) >= 11 is 11.0. The van der Waals surface area contributed by atoms with Crippen LogP contribution in [-0.2, 0) is 14.3 Å². The zero-order chi connectivity index (χ0) is 21.0. The highest BCUT2D eigenvalue weighted by Crippen LogP contribution is 2.32. The van der Waals surface area contributed by atoms with Crippen molar-refractivity contribution in [2.24, 2.45) is 0 Å². The summed E-state index contributed by atoms with van der Waals surface area (Å²) in [5.41, 5.74) is 2.62. The molecule has 0 amide bonds. The third-order valence-electron chi connectivity index (χ3n) is 3.95. The van der Waals surface area contributed by atoms with E-state index in [0.717, 1.165) is 0 Å². The van der Waals surface area contributed by atoms with Gasteiger partial charge in [0.05, 0.1) is 30.0 Å². The van der Waals surface area contributed by atoms with E-state index < -0.39 is 12.1 Å². The third kappa shape index (κ3) is 5.10. The van der Waals surface area contributed by atoms with Gasteiger partial charge in [0.2, 0.25) is 5.05 Å². The Balaban J connectivity index is 1.74. The van der Waals surface area contributed by atoms with E-state index in [1.807, 2.05) is 0 Å². The minimum Gasteiger partial charge on any atom is -0.504 e. The number of fused-ring (bicyclic) bond motifs is 1. The number of nitrogens with zero attached hydrogens (tertiary/aromatic N) is 2. The Kier molecular flexibility index (Phi) is 6.46. The van der Waals surface area contributed by atoms with E-state index >= 15 is 0 Å². The molecule has 1 atom stereocenters. The smallest absolute Gasteiger partial charge is 0.343 e. The van der Waals surface area contributed by atoms with Crippen molar-refractivity contribution in [1.82, 2.24) is 9.97 Å². The number of benzene rings is 2. The Morgan fingerprint density at radius 1 is 1.24 bits per heavy atom. The van der Waals surface area contributed by atoms with Gasteiger partial charge in [-0.15, -0.1) is 0 Å². The van der Waals surface area contributed by atoms with Crippen molar-refractivity contribution in [1.29, 1.82) is 0 Å². The van der Waals surface area contributed by atoms with Crippen molar-refractivity contribution >= 4 is 45.9 Å². The minimum atomic E-state index is -0.670. The molecule has 0 saturated carbocycles. The molecule has 0 aliphatic rings. The Morgan fingerprint density at radius 3 is 2.76 bits per heavy atom. The van der Waals surface area contributed by atoms with Crippen molar-refractivity contribution in [3.63, 3.8) is 0 Å². The first-order valence-electron chi connectivity index (χ1n) is 8.53. The number of hydrogen-bond acceptors (Lipinski definition) is 8. The molecular weight excluding hydrogens is 416 g/mol. The van der Waals surface area contributed by atoms with Crippen molar-refractivity contribution in [3.05, 3.63) is 47.6 Å². The summed E-state index contributed by atoms with van der Waals surface area (Å²) in [6, 6.07) is 10.1. The summed E-state index contributed by atoms with van der Waals surface area (Å²) in [6.45, 7) is 1.34. The van der Waals surface area contributed by atoms with Crippen molar-refractivity contribution < 1.29 is 24.1 Å². The second kappa shape index (κ2) is 9.02. The van der Waals surface area contributed by atoms with Crippen LogP contribution in [0.2, 0.25) is 5.02 Å². The van der Waals surface area contributed by atoms with Gasteiger partial charge in [0.1, 0.15) is 0 Å². The van der Waals surface area contributed by atoms with E-state index in [2.05, 4.69) is 14.7 Å². The number of thiocarbonyl (C=S) groups is 1. The van der Waals surface area contributed by atoms with Crippen LogP contribution in [0, 0.1) is 0 Å². The van der Waals surface area contributed by atoms with Gasteiger partial charge in [-0.2, -0.15) is 0 Å². The summed E-state index contributed by atoms with van der Waals surface area (Å²) in [5, 5.41) is 11.0. The van der Waals surface area contributed by atoms with E-state index in [-0.39, 0.29) is 23.2 Å². The van der Waals surface area contributed by atoms with E-state index in [4.69, 9.17) is 33.3 Å². The van der Waals surface area contributed by atoms with Gasteiger partial charge in [0.25, 0.3) is 0 Å². The number of halogens is 1. The summed E-state index contributed by atoms with van der Waals surface area (Å²) in [6.07, 6.45) is 0.934. The number of phenolic OH excluding ortho intramolecular Hbond substituents is 1. The van der Waals surface area contributed by atoms with Crippen LogP contribution >= 0.6 is 23.8 Å². The Labute approximate surface area is 177 Å². The molecule has 2 aromatic carbocycles. The fourth-order valence-electron chi connectivity index (χ4n) is 2.44. The van der Waals surface area contributed by atoms with Gasteiger partial charge in [-0.25, -0.2) is 9.78 Å². The Morgan fingerprint density at radius 2 is 2.03 bits per heavy atom. The molecule has 1 unspecified atom stereocenters. The van der Waals surface area contributed by atoms with Crippen molar-refractivity contribution in [2.45, 2.75) is 13.0 Å². The number of aromatic nitrogens is 2. The first-order chi connectivity index (χ1) is 13.9.